The number of hydrogen-bond acceptors (Lipinski definition) is 4. The monoisotopic (exact) mass is 251 g/mol. The van der Waals surface area contributed by atoms with Crippen molar-refractivity contribution >= 4 is 11.3 Å². The maximum atomic E-state index is 13.5. The Bertz CT molecular complexity index is 498. The molecule has 0 saturated carbocycles. The first-order chi connectivity index (χ1) is 8.22. The van der Waals surface area contributed by atoms with E-state index in [2.05, 4.69) is 29.1 Å². The molecule has 0 radical (unpaired) electrons. The Balaban J connectivity index is 2.27. The quantitative estimate of drug-likeness (QED) is 0.907. The third-order valence-electron chi connectivity index (χ3n) is 2.42. The molecule has 17 heavy (non-hydrogen) atoms. The summed E-state index contributed by atoms with van der Waals surface area (Å²) >= 11 is 1.47. The molecule has 1 unspecified atom stereocenters. The summed E-state index contributed by atoms with van der Waals surface area (Å²) in [5.41, 5.74) is 0.326. The van der Waals surface area contributed by atoms with Crippen molar-refractivity contribution in [3.05, 3.63) is 35.2 Å². The molecule has 0 spiro atoms. The van der Waals surface area contributed by atoms with Gasteiger partial charge in [0.1, 0.15) is 10.7 Å². The van der Waals surface area contributed by atoms with Crippen LogP contribution in [0.4, 0.5) is 4.39 Å². The second-order valence-electron chi connectivity index (χ2n) is 3.68. The first-order valence-corrected chi connectivity index (χ1v) is 6.34. The van der Waals surface area contributed by atoms with E-state index in [4.69, 9.17) is 0 Å². The highest BCUT2D eigenvalue weighted by molar-refractivity contribution is 7.15. The predicted molar refractivity (Wildman–Crippen MR) is 67.4 cm³/mol. The van der Waals surface area contributed by atoms with E-state index in [1.165, 1.54) is 17.4 Å². The smallest absolute Gasteiger partial charge is 0.151 e. The fraction of sp³-hybridized carbons (Fsp3) is 0.333. The number of halogens is 1. The van der Waals surface area contributed by atoms with Crippen molar-refractivity contribution in [1.82, 2.24) is 15.3 Å². The van der Waals surface area contributed by atoms with Crippen LogP contribution in [0.25, 0.3) is 10.7 Å². The molecule has 0 bridgehead atoms. The Morgan fingerprint density at radius 3 is 3.00 bits per heavy atom. The van der Waals surface area contributed by atoms with Crippen LogP contribution < -0.4 is 5.32 Å². The summed E-state index contributed by atoms with van der Waals surface area (Å²) in [6.07, 6.45) is 3.36. The maximum absolute atomic E-state index is 13.5. The van der Waals surface area contributed by atoms with E-state index in [0.717, 1.165) is 11.4 Å². The molecule has 2 aromatic rings. The molecular formula is C12H14FN3S. The van der Waals surface area contributed by atoms with Gasteiger partial charge in [-0.1, -0.05) is 6.92 Å². The molecule has 5 heteroatoms. The highest BCUT2D eigenvalue weighted by Crippen LogP contribution is 2.28. The highest BCUT2D eigenvalue weighted by atomic mass is 32.1. The summed E-state index contributed by atoms with van der Waals surface area (Å²) < 4.78 is 13.5. The van der Waals surface area contributed by atoms with Gasteiger partial charge >= 0.3 is 0 Å². The summed E-state index contributed by atoms with van der Waals surface area (Å²) in [5, 5.41) is 3.93. The second kappa shape index (κ2) is 5.33. The van der Waals surface area contributed by atoms with Crippen LogP contribution in [0.2, 0.25) is 0 Å². The average molecular weight is 251 g/mol. The van der Waals surface area contributed by atoms with E-state index in [1.807, 2.05) is 0 Å². The van der Waals surface area contributed by atoms with E-state index in [-0.39, 0.29) is 11.9 Å². The number of nitrogens with zero attached hydrogens (tertiary/aromatic N) is 2. The van der Waals surface area contributed by atoms with Gasteiger partial charge in [-0.2, -0.15) is 0 Å². The van der Waals surface area contributed by atoms with Gasteiger partial charge < -0.3 is 5.32 Å². The molecule has 2 heterocycles. The molecular weight excluding hydrogens is 237 g/mol. The summed E-state index contributed by atoms with van der Waals surface area (Å²) in [5.74, 6) is -0.329. The minimum absolute atomic E-state index is 0.234. The molecule has 0 aliphatic carbocycles. The van der Waals surface area contributed by atoms with Gasteiger partial charge in [0.2, 0.25) is 0 Å². The van der Waals surface area contributed by atoms with Crippen molar-refractivity contribution in [3.8, 4) is 10.7 Å². The molecule has 0 aliphatic heterocycles. The molecule has 0 aromatic carbocycles. The Morgan fingerprint density at radius 1 is 1.47 bits per heavy atom. The zero-order valence-corrected chi connectivity index (χ0v) is 10.6. The lowest BCUT2D eigenvalue weighted by atomic mass is 10.3. The largest absolute Gasteiger partial charge is 0.310 e. The molecule has 0 amide bonds. The molecule has 2 rings (SSSR count). The zero-order chi connectivity index (χ0) is 12.3. The third-order valence-corrected chi connectivity index (χ3v) is 3.61. The van der Waals surface area contributed by atoms with Gasteiger partial charge in [-0.15, -0.1) is 11.3 Å². The van der Waals surface area contributed by atoms with E-state index in [1.54, 1.807) is 18.5 Å². The van der Waals surface area contributed by atoms with Gasteiger partial charge in [-0.3, -0.25) is 4.98 Å². The van der Waals surface area contributed by atoms with Crippen LogP contribution in [0.3, 0.4) is 0 Å². The lowest BCUT2D eigenvalue weighted by molar-refractivity contribution is 0.606. The van der Waals surface area contributed by atoms with Gasteiger partial charge in [0.15, 0.2) is 5.82 Å². The minimum Gasteiger partial charge on any atom is -0.310 e. The Labute approximate surface area is 104 Å². The average Bonchev–Trinajstić information content (AvgIpc) is 2.79. The van der Waals surface area contributed by atoms with Crippen LogP contribution in [0, 0.1) is 5.82 Å². The van der Waals surface area contributed by atoms with Crippen LogP contribution in [0.5, 0.6) is 0 Å². The maximum Gasteiger partial charge on any atom is 0.151 e. The first-order valence-electron chi connectivity index (χ1n) is 5.52. The summed E-state index contributed by atoms with van der Waals surface area (Å²) in [4.78, 5) is 9.34. The zero-order valence-electron chi connectivity index (χ0n) is 9.77. The summed E-state index contributed by atoms with van der Waals surface area (Å²) in [6.45, 7) is 5.01. The van der Waals surface area contributed by atoms with Crippen LogP contribution >= 0.6 is 11.3 Å². The van der Waals surface area contributed by atoms with Crippen LogP contribution in [-0.4, -0.2) is 16.5 Å². The van der Waals surface area contributed by atoms with Gasteiger partial charge in [0, 0.05) is 23.3 Å². The molecule has 0 fully saturated rings. The fourth-order valence-corrected chi connectivity index (χ4v) is 2.49. The van der Waals surface area contributed by atoms with Crippen molar-refractivity contribution in [2.75, 3.05) is 6.54 Å². The molecule has 0 aliphatic rings. The highest BCUT2D eigenvalue weighted by Gasteiger charge is 2.13. The fourth-order valence-electron chi connectivity index (χ4n) is 1.55. The van der Waals surface area contributed by atoms with Crippen LogP contribution in [0.1, 0.15) is 24.8 Å². The summed E-state index contributed by atoms with van der Waals surface area (Å²) in [7, 11) is 0. The van der Waals surface area contributed by atoms with E-state index in [9.17, 15) is 4.39 Å². The van der Waals surface area contributed by atoms with Crippen LogP contribution in [-0.2, 0) is 0 Å². The van der Waals surface area contributed by atoms with Gasteiger partial charge in [-0.25, -0.2) is 9.37 Å². The lowest BCUT2D eigenvalue weighted by Gasteiger charge is -2.08. The second-order valence-corrected chi connectivity index (χ2v) is 4.74. The van der Waals surface area contributed by atoms with Crippen molar-refractivity contribution in [2.45, 2.75) is 19.9 Å². The Kier molecular flexibility index (Phi) is 3.81. The van der Waals surface area contributed by atoms with E-state index in [0.29, 0.717) is 10.7 Å². The van der Waals surface area contributed by atoms with Crippen molar-refractivity contribution in [1.29, 1.82) is 0 Å². The first kappa shape index (κ1) is 12.1. The minimum atomic E-state index is -0.329. The topological polar surface area (TPSA) is 37.8 Å². The number of pyridine rings is 1. The third kappa shape index (κ3) is 2.68. The van der Waals surface area contributed by atoms with E-state index < -0.39 is 0 Å². The van der Waals surface area contributed by atoms with Crippen molar-refractivity contribution in [2.24, 2.45) is 0 Å². The molecule has 3 nitrogen and oxygen atoms in total. The van der Waals surface area contributed by atoms with Crippen molar-refractivity contribution < 1.29 is 4.39 Å². The number of nitrogens with one attached hydrogen (secondary N) is 1. The number of rotatable bonds is 4. The SMILES string of the molecule is CCNC(C)c1cnc(-c2ncccc2F)s1. The van der Waals surface area contributed by atoms with Gasteiger partial charge in [-0.05, 0) is 25.6 Å². The predicted octanol–water partition coefficient (Wildman–Crippen LogP) is 3.01. The Morgan fingerprint density at radius 2 is 2.29 bits per heavy atom. The molecule has 1 atom stereocenters. The number of hydrogen-bond donors (Lipinski definition) is 1. The molecule has 0 saturated heterocycles. The van der Waals surface area contributed by atoms with Gasteiger partial charge in [0.25, 0.3) is 0 Å². The number of aromatic nitrogens is 2. The lowest BCUT2D eigenvalue weighted by Crippen LogP contribution is -2.16. The van der Waals surface area contributed by atoms with Gasteiger partial charge in [0.05, 0.1) is 0 Å². The van der Waals surface area contributed by atoms with Crippen molar-refractivity contribution in [3.63, 3.8) is 0 Å². The Hall–Kier alpha value is -1.33. The van der Waals surface area contributed by atoms with Crippen LogP contribution in [0.15, 0.2) is 24.5 Å². The normalized spacial score (nSPS) is 12.6. The number of thiazole rings is 1. The standard InChI is InChI=1S/C12H14FN3S/c1-3-14-8(2)10-7-16-12(17-10)11-9(13)5-4-6-15-11/h4-8,14H,3H2,1-2H3. The summed E-state index contributed by atoms with van der Waals surface area (Å²) in [6, 6.07) is 3.21. The molecule has 2 aromatic heterocycles. The molecule has 90 valence electrons. The van der Waals surface area contributed by atoms with E-state index >= 15 is 0 Å². The molecule has 1 N–H and O–H groups in total.